The first-order valence-corrected chi connectivity index (χ1v) is 14.1. The summed E-state index contributed by atoms with van der Waals surface area (Å²) < 4.78 is 8.75. The van der Waals surface area contributed by atoms with Crippen LogP contribution in [0.3, 0.4) is 0 Å². The summed E-state index contributed by atoms with van der Waals surface area (Å²) >= 11 is 0. The summed E-state index contributed by atoms with van der Waals surface area (Å²) in [5.41, 5.74) is 8.14. The van der Waals surface area contributed by atoms with Gasteiger partial charge in [-0.3, -0.25) is 0 Å². The van der Waals surface area contributed by atoms with Gasteiger partial charge in [-0.2, -0.15) is 4.57 Å². The molecule has 150 valence electrons. The molecule has 0 saturated carbocycles. The summed E-state index contributed by atoms with van der Waals surface area (Å²) in [6.45, 7) is 11.6. The van der Waals surface area contributed by atoms with Crippen molar-refractivity contribution < 1.29 is 8.98 Å². The first-order chi connectivity index (χ1) is 14.3. The molecule has 0 bridgehead atoms. The lowest BCUT2D eigenvalue weighted by Crippen LogP contribution is -2.40. The molecule has 0 N–H and O–H groups in total. The van der Waals surface area contributed by atoms with E-state index >= 15 is 0 Å². The first-order valence-electron chi connectivity index (χ1n) is 10.6. The maximum Gasteiger partial charge on any atom is 0.217 e. The number of aromatic nitrogens is 1. The van der Waals surface area contributed by atoms with Crippen molar-refractivity contribution >= 4 is 46.1 Å². The van der Waals surface area contributed by atoms with Gasteiger partial charge in [0.15, 0.2) is 0 Å². The minimum absolute atomic E-state index is 0.945. The van der Waals surface area contributed by atoms with Crippen LogP contribution in [0.25, 0.3) is 44.1 Å². The SMILES string of the molecule is Cc1ccc2c(oc3ccccc32)c1-c1cc(C)c2ccc([Si](C)(C)C)cc2[n+]1C. The van der Waals surface area contributed by atoms with Crippen molar-refractivity contribution in [2.45, 2.75) is 33.5 Å². The van der Waals surface area contributed by atoms with Crippen molar-refractivity contribution in [2.24, 2.45) is 7.05 Å². The van der Waals surface area contributed by atoms with Crippen molar-refractivity contribution in [3.05, 3.63) is 71.8 Å². The van der Waals surface area contributed by atoms with E-state index in [0.717, 1.165) is 11.2 Å². The van der Waals surface area contributed by atoms with Gasteiger partial charge in [-0.1, -0.05) is 61.2 Å². The van der Waals surface area contributed by atoms with Crippen LogP contribution in [0.5, 0.6) is 0 Å². The van der Waals surface area contributed by atoms with Crippen LogP contribution in [0, 0.1) is 13.8 Å². The molecule has 0 aliphatic carbocycles. The Labute approximate surface area is 178 Å². The van der Waals surface area contributed by atoms with Crippen LogP contribution in [-0.4, -0.2) is 8.07 Å². The molecular weight excluding hydrogens is 382 g/mol. The van der Waals surface area contributed by atoms with E-state index in [1.165, 1.54) is 49.2 Å². The number of hydrogen-bond acceptors (Lipinski definition) is 1. The Morgan fingerprint density at radius 1 is 0.767 bits per heavy atom. The van der Waals surface area contributed by atoms with Crippen molar-refractivity contribution in [1.29, 1.82) is 0 Å². The molecule has 0 unspecified atom stereocenters. The van der Waals surface area contributed by atoms with E-state index in [4.69, 9.17) is 4.42 Å². The number of furan rings is 1. The third-order valence-corrected chi connectivity index (χ3v) is 8.42. The van der Waals surface area contributed by atoms with E-state index in [-0.39, 0.29) is 0 Å². The molecule has 2 aromatic heterocycles. The number of nitrogens with zero attached hydrogens (tertiary/aromatic N) is 1. The van der Waals surface area contributed by atoms with Gasteiger partial charge in [-0.05, 0) is 37.1 Å². The third kappa shape index (κ3) is 2.80. The number of pyridine rings is 1. The molecule has 0 amide bonds. The van der Waals surface area contributed by atoms with Gasteiger partial charge < -0.3 is 4.42 Å². The largest absolute Gasteiger partial charge is 0.455 e. The highest BCUT2D eigenvalue weighted by atomic mass is 28.3. The fourth-order valence-electron chi connectivity index (χ4n) is 4.56. The second-order valence-corrected chi connectivity index (χ2v) is 14.6. The number of rotatable bonds is 2. The number of hydrogen-bond donors (Lipinski definition) is 0. The van der Waals surface area contributed by atoms with E-state index in [1.807, 2.05) is 6.07 Å². The maximum atomic E-state index is 6.40. The lowest BCUT2D eigenvalue weighted by Gasteiger charge is -2.17. The molecule has 0 aliphatic heterocycles. The molecule has 30 heavy (non-hydrogen) atoms. The Kier molecular flexibility index (Phi) is 4.16. The predicted octanol–water partition coefficient (Wildman–Crippen LogP) is 6.39. The molecule has 0 saturated heterocycles. The summed E-state index contributed by atoms with van der Waals surface area (Å²) in [5, 5.41) is 5.16. The smallest absolute Gasteiger partial charge is 0.217 e. The highest BCUT2D eigenvalue weighted by Crippen LogP contribution is 2.37. The van der Waals surface area contributed by atoms with E-state index in [2.05, 4.69) is 99.7 Å². The lowest BCUT2D eigenvalue weighted by atomic mass is 9.98. The fraction of sp³-hybridized carbons (Fsp3) is 0.222. The molecular formula is C27H28NOSi+. The molecule has 3 aromatic carbocycles. The average Bonchev–Trinajstić information content (AvgIpc) is 3.08. The molecule has 2 heterocycles. The number of para-hydroxylation sites is 1. The van der Waals surface area contributed by atoms with Crippen LogP contribution in [-0.2, 0) is 7.05 Å². The van der Waals surface area contributed by atoms with E-state index in [1.54, 1.807) is 0 Å². The van der Waals surface area contributed by atoms with E-state index in [0.29, 0.717) is 0 Å². The minimum atomic E-state index is -1.40. The molecule has 3 heteroatoms. The number of aryl methyl sites for hydroxylation is 3. The molecule has 5 aromatic rings. The van der Waals surface area contributed by atoms with Crippen molar-refractivity contribution in [3.63, 3.8) is 0 Å². The Balaban J connectivity index is 1.88. The second kappa shape index (κ2) is 6.54. The van der Waals surface area contributed by atoms with Gasteiger partial charge >= 0.3 is 0 Å². The van der Waals surface area contributed by atoms with E-state index in [9.17, 15) is 0 Å². The van der Waals surface area contributed by atoms with Gasteiger partial charge in [0, 0.05) is 28.3 Å². The van der Waals surface area contributed by atoms with Crippen LogP contribution in [0.2, 0.25) is 19.6 Å². The standard InChI is InChI=1S/C27H28NOSi/c1-17-11-13-22-21-9-7-8-10-25(21)29-27(22)26(17)24-15-18(2)20-14-12-19(30(4,5)6)16-23(20)28(24)3/h7-16H,1-6H3/q+1. The van der Waals surface area contributed by atoms with Gasteiger partial charge in [-0.25, -0.2) is 0 Å². The molecule has 2 nitrogen and oxygen atoms in total. The predicted molar refractivity (Wildman–Crippen MR) is 130 cm³/mol. The summed E-state index contributed by atoms with van der Waals surface area (Å²) in [6.07, 6.45) is 0. The van der Waals surface area contributed by atoms with Gasteiger partial charge in [0.05, 0.1) is 13.6 Å². The zero-order valence-corrected chi connectivity index (χ0v) is 19.6. The monoisotopic (exact) mass is 410 g/mol. The Bertz CT molecular complexity index is 1450. The molecule has 5 rings (SSSR count). The zero-order chi connectivity index (χ0) is 21.2. The highest BCUT2D eigenvalue weighted by molar-refractivity contribution is 6.88. The normalized spacial score (nSPS) is 12.3. The lowest BCUT2D eigenvalue weighted by molar-refractivity contribution is -0.633. The van der Waals surface area contributed by atoms with Gasteiger partial charge in [0.2, 0.25) is 11.2 Å². The molecule has 0 atom stereocenters. The van der Waals surface area contributed by atoms with Crippen molar-refractivity contribution in [1.82, 2.24) is 0 Å². The zero-order valence-electron chi connectivity index (χ0n) is 18.6. The van der Waals surface area contributed by atoms with Crippen LogP contribution in [0.4, 0.5) is 0 Å². The van der Waals surface area contributed by atoms with Crippen LogP contribution in [0.1, 0.15) is 11.1 Å². The summed E-state index contributed by atoms with van der Waals surface area (Å²) in [6, 6.07) is 22.1. The van der Waals surface area contributed by atoms with Gasteiger partial charge in [0.25, 0.3) is 0 Å². The van der Waals surface area contributed by atoms with Gasteiger partial charge in [-0.15, -0.1) is 0 Å². The minimum Gasteiger partial charge on any atom is -0.455 e. The Hall–Kier alpha value is -2.91. The molecule has 0 aliphatic rings. The summed E-state index contributed by atoms with van der Waals surface area (Å²) in [5.74, 6) is 0. The third-order valence-electron chi connectivity index (χ3n) is 6.38. The highest BCUT2D eigenvalue weighted by Gasteiger charge is 2.25. The Morgan fingerprint density at radius 2 is 1.50 bits per heavy atom. The van der Waals surface area contributed by atoms with Gasteiger partial charge in [0.1, 0.15) is 18.2 Å². The van der Waals surface area contributed by atoms with Crippen molar-refractivity contribution in [3.8, 4) is 11.3 Å². The number of fused-ring (bicyclic) bond motifs is 4. The van der Waals surface area contributed by atoms with E-state index < -0.39 is 8.07 Å². The van der Waals surface area contributed by atoms with Crippen LogP contribution < -0.4 is 9.75 Å². The van der Waals surface area contributed by atoms with Crippen LogP contribution in [0.15, 0.2) is 65.1 Å². The summed E-state index contributed by atoms with van der Waals surface area (Å²) in [7, 11) is 0.790. The fourth-order valence-corrected chi connectivity index (χ4v) is 5.72. The molecule has 0 radical (unpaired) electrons. The molecule has 0 spiro atoms. The second-order valence-electron chi connectivity index (χ2n) is 9.49. The average molecular weight is 411 g/mol. The summed E-state index contributed by atoms with van der Waals surface area (Å²) in [4.78, 5) is 0. The molecule has 0 fully saturated rings. The number of benzene rings is 3. The maximum absolute atomic E-state index is 6.40. The van der Waals surface area contributed by atoms with Crippen LogP contribution >= 0.6 is 0 Å². The topological polar surface area (TPSA) is 17.0 Å². The Morgan fingerprint density at radius 3 is 2.27 bits per heavy atom. The quantitative estimate of drug-likeness (QED) is 0.243. The van der Waals surface area contributed by atoms with Crippen molar-refractivity contribution in [2.75, 3.05) is 0 Å². The first kappa shape index (κ1) is 19.1.